The third-order valence-corrected chi connectivity index (χ3v) is 5.66. The van der Waals surface area contributed by atoms with Gasteiger partial charge < -0.3 is 9.53 Å². The summed E-state index contributed by atoms with van der Waals surface area (Å²) in [5.41, 5.74) is -0.521. The number of alkyl halides is 3. The Morgan fingerprint density at radius 2 is 1.69 bits per heavy atom. The molecule has 2 nitrogen and oxygen atoms in total. The van der Waals surface area contributed by atoms with E-state index in [0.29, 0.717) is 13.0 Å². The Balaban J connectivity index is 0.000000188. The van der Waals surface area contributed by atoms with Gasteiger partial charge in [-0.1, -0.05) is 30.5 Å². The molecular weight excluding hydrogens is 391 g/mol. The number of aryl methyl sites for hydroxylation is 1. The molecule has 2 atom stereocenters. The van der Waals surface area contributed by atoms with Gasteiger partial charge in [-0.3, -0.25) is 0 Å². The molecule has 0 bridgehead atoms. The van der Waals surface area contributed by atoms with Gasteiger partial charge in [-0.05, 0) is 44.0 Å². The van der Waals surface area contributed by atoms with Gasteiger partial charge in [0.1, 0.15) is 12.1 Å². The van der Waals surface area contributed by atoms with Crippen LogP contribution in [-0.2, 0) is 16.4 Å². The lowest BCUT2D eigenvalue weighted by atomic mass is 9.62. The summed E-state index contributed by atoms with van der Waals surface area (Å²) in [6.45, 7) is 2.05. The minimum absolute atomic E-state index is 0.0347. The molecule has 2 aliphatic rings. The van der Waals surface area contributed by atoms with Crippen LogP contribution < -0.4 is 4.74 Å². The molecule has 1 heterocycles. The van der Waals surface area contributed by atoms with Gasteiger partial charge in [-0.15, -0.1) is 0 Å². The highest BCUT2D eigenvalue weighted by Gasteiger charge is 2.49. The fourth-order valence-corrected chi connectivity index (χ4v) is 4.08. The first-order valence-corrected chi connectivity index (χ1v) is 9.40. The molecule has 0 aromatic heterocycles. The number of carbonyl (C=O) groups is 1. The van der Waals surface area contributed by atoms with Crippen LogP contribution in [-0.4, -0.2) is 12.9 Å². The van der Waals surface area contributed by atoms with Crippen LogP contribution in [0.5, 0.6) is 5.75 Å². The van der Waals surface area contributed by atoms with Crippen molar-refractivity contribution < 1.29 is 31.5 Å². The van der Waals surface area contributed by atoms with E-state index in [1.165, 1.54) is 12.1 Å². The molecule has 4 rings (SSSR count). The maximum atomic E-state index is 14.0. The Hall–Kier alpha value is -2.44. The number of halogens is 5. The average molecular weight is 412 g/mol. The van der Waals surface area contributed by atoms with Gasteiger partial charge in [0.05, 0.1) is 17.6 Å². The predicted molar refractivity (Wildman–Crippen MR) is 97.7 cm³/mol. The van der Waals surface area contributed by atoms with Gasteiger partial charge in [0.2, 0.25) is 0 Å². The van der Waals surface area contributed by atoms with Crippen LogP contribution in [0.1, 0.15) is 42.4 Å². The summed E-state index contributed by atoms with van der Waals surface area (Å²) in [6.07, 6.45) is -0.124. The second-order valence-corrected chi connectivity index (χ2v) is 7.51. The van der Waals surface area contributed by atoms with Crippen molar-refractivity contribution >= 4 is 6.29 Å². The molecule has 2 aromatic rings. The summed E-state index contributed by atoms with van der Waals surface area (Å²) in [5, 5.41) is 0. The second-order valence-electron chi connectivity index (χ2n) is 7.51. The summed E-state index contributed by atoms with van der Waals surface area (Å²) in [5.74, 6) is -1.23. The molecule has 0 N–H and O–H groups in total. The van der Waals surface area contributed by atoms with Crippen molar-refractivity contribution in [2.45, 2.75) is 44.2 Å². The lowest BCUT2D eigenvalue weighted by molar-refractivity contribution is -0.137. The molecule has 1 fully saturated rings. The largest absolute Gasteiger partial charge is 0.490 e. The number of aldehydes is 1. The van der Waals surface area contributed by atoms with Gasteiger partial charge in [-0.2, -0.15) is 13.2 Å². The Morgan fingerprint density at radius 1 is 1.03 bits per heavy atom. The zero-order valence-electron chi connectivity index (χ0n) is 15.9. The van der Waals surface area contributed by atoms with E-state index in [4.69, 9.17) is 4.74 Å². The summed E-state index contributed by atoms with van der Waals surface area (Å²) < 4.78 is 68.9. The van der Waals surface area contributed by atoms with Crippen LogP contribution in [0, 0.1) is 24.5 Å². The van der Waals surface area contributed by atoms with Crippen LogP contribution in [0.25, 0.3) is 0 Å². The molecule has 0 saturated heterocycles. The van der Waals surface area contributed by atoms with Crippen molar-refractivity contribution in [3.8, 4) is 5.75 Å². The van der Waals surface area contributed by atoms with E-state index in [1.54, 1.807) is 6.92 Å². The molecule has 7 heteroatoms. The van der Waals surface area contributed by atoms with Crippen molar-refractivity contribution in [2.75, 3.05) is 6.61 Å². The summed E-state index contributed by atoms with van der Waals surface area (Å²) in [4.78, 5) is 11.6. The van der Waals surface area contributed by atoms with Gasteiger partial charge in [0.25, 0.3) is 0 Å². The van der Waals surface area contributed by atoms with E-state index in [9.17, 15) is 26.7 Å². The summed E-state index contributed by atoms with van der Waals surface area (Å²) >= 11 is 0. The van der Waals surface area contributed by atoms with Crippen molar-refractivity contribution in [3.63, 3.8) is 0 Å². The van der Waals surface area contributed by atoms with Gasteiger partial charge >= 0.3 is 6.18 Å². The summed E-state index contributed by atoms with van der Waals surface area (Å²) in [7, 11) is 0. The van der Waals surface area contributed by atoms with Crippen molar-refractivity contribution in [1.29, 1.82) is 0 Å². The van der Waals surface area contributed by atoms with E-state index in [0.717, 1.165) is 55.4 Å². The topological polar surface area (TPSA) is 26.3 Å². The van der Waals surface area contributed by atoms with Crippen molar-refractivity contribution in [3.05, 3.63) is 64.7 Å². The van der Waals surface area contributed by atoms with Crippen LogP contribution in [0.3, 0.4) is 0 Å². The zero-order valence-corrected chi connectivity index (χ0v) is 15.9. The van der Waals surface area contributed by atoms with Crippen LogP contribution in [0.15, 0.2) is 36.4 Å². The van der Waals surface area contributed by atoms with Crippen molar-refractivity contribution in [2.24, 2.45) is 5.92 Å². The molecule has 0 amide bonds. The monoisotopic (exact) mass is 412 g/mol. The van der Waals surface area contributed by atoms with E-state index in [2.05, 4.69) is 0 Å². The Bertz CT molecular complexity index is 876. The average Bonchev–Trinajstić information content (AvgIpc) is 2.70. The van der Waals surface area contributed by atoms with Crippen LogP contribution in [0.4, 0.5) is 22.0 Å². The lowest BCUT2D eigenvalue weighted by Crippen LogP contribution is -2.46. The van der Waals surface area contributed by atoms with Gasteiger partial charge in [0, 0.05) is 11.5 Å². The van der Waals surface area contributed by atoms with Gasteiger partial charge in [-0.25, -0.2) is 8.78 Å². The molecule has 0 radical (unpaired) electrons. The molecular formula is C22H21F5O2. The zero-order chi connectivity index (χ0) is 21.2. The number of ether oxygens (including phenoxy) is 1. The third kappa shape index (κ3) is 4.14. The first kappa shape index (κ1) is 21.3. The maximum Gasteiger partial charge on any atom is 0.416 e. The molecule has 1 saturated carbocycles. The Kier molecular flexibility index (Phi) is 5.96. The number of benzene rings is 2. The normalized spacial score (nSPS) is 23.0. The molecule has 29 heavy (non-hydrogen) atoms. The first-order chi connectivity index (χ1) is 13.7. The maximum absolute atomic E-state index is 14.0. The lowest BCUT2D eigenvalue weighted by Gasteiger charge is -2.44. The molecule has 0 spiro atoms. The van der Waals surface area contributed by atoms with Crippen LogP contribution >= 0.6 is 0 Å². The fourth-order valence-electron chi connectivity index (χ4n) is 4.08. The molecule has 2 unspecified atom stereocenters. The second kappa shape index (κ2) is 8.13. The quantitative estimate of drug-likeness (QED) is 0.424. The Labute approximate surface area is 165 Å². The highest BCUT2D eigenvalue weighted by molar-refractivity contribution is 5.72. The Morgan fingerprint density at radius 3 is 2.31 bits per heavy atom. The van der Waals surface area contributed by atoms with E-state index < -0.39 is 28.8 Å². The molecule has 2 aromatic carbocycles. The highest BCUT2D eigenvalue weighted by Crippen LogP contribution is 2.50. The SMILES string of the molecule is Cc1ccc(C(F)(F)F)cc1.O=CC12CCCCC1COc1c(F)ccc(F)c12. The number of fused-ring (bicyclic) bond motifs is 3. The number of hydrogen-bond donors (Lipinski definition) is 0. The summed E-state index contributed by atoms with van der Waals surface area (Å²) in [6, 6.07) is 7.19. The van der Waals surface area contributed by atoms with E-state index in [-0.39, 0.29) is 17.2 Å². The van der Waals surface area contributed by atoms with Crippen molar-refractivity contribution in [1.82, 2.24) is 0 Å². The number of hydrogen-bond acceptors (Lipinski definition) is 2. The molecule has 1 aliphatic heterocycles. The number of carbonyl (C=O) groups excluding carboxylic acids is 1. The molecule has 1 aliphatic carbocycles. The smallest absolute Gasteiger partial charge is 0.416 e. The third-order valence-electron chi connectivity index (χ3n) is 5.66. The minimum Gasteiger partial charge on any atom is -0.490 e. The predicted octanol–water partition coefficient (Wildman–Crippen LogP) is 6.00. The van der Waals surface area contributed by atoms with E-state index in [1.807, 2.05) is 0 Å². The van der Waals surface area contributed by atoms with Crippen LogP contribution in [0.2, 0.25) is 0 Å². The molecule has 156 valence electrons. The van der Waals surface area contributed by atoms with E-state index >= 15 is 0 Å². The minimum atomic E-state index is -4.21. The number of rotatable bonds is 1. The fraction of sp³-hybridized carbons (Fsp3) is 0.409. The first-order valence-electron chi connectivity index (χ1n) is 9.40. The standard InChI is InChI=1S/C14H14F2O2.C8H7F3/c15-10-4-5-11(16)13-12(10)14(8-17)6-2-1-3-9(14)7-18-13;1-6-2-4-7(5-3-6)8(9,10)11/h4-5,8-9H,1-3,6-7H2;2-5H,1H3. The van der Waals surface area contributed by atoms with Gasteiger partial charge in [0.15, 0.2) is 11.6 Å². The highest BCUT2D eigenvalue weighted by atomic mass is 19.4.